The molecule has 0 aliphatic heterocycles. The molecule has 2 N–H and O–H groups in total. The van der Waals surface area contributed by atoms with Crippen LogP contribution in [0.25, 0.3) is 0 Å². The molecule has 0 aliphatic carbocycles. The molecule has 1 amide bonds. The smallest absolute Gasteiger partial charge is 0.292 e. The molecular formula is C22H18BrN3O4S. The second-order valence-corrected chi connectivity index (χ2v) is 7.73. The molecule has 3 aromatic carbocycles. The molecule has 0 bridgehead atoms. The van der Waals surface area contributed by atoms with E-state index in [-0.39, 0.29) is 22.1 Å². The number of anilines is 1. The molecule has 158 valence electrons. The highest BCUT2D eigenvalue weighted by atomic mass is 79.9. The molecule has 0 fully saturated rings. The molecule has 3 aromatic rings. The van der Waals surface area contributed by atoms with Crippen LogP contribution >= 0.6 is 28.1 Å². The van der Waals surface area contributed by atoms with Crippen LogP contribution in [0.4, 0.5) is 11.4 Å². The largest absolute Gasteiger partial charge is 0.492 e. The van der Waals surface area contributed by atoms with Crippen molar-refractivity contribution < 1.29 is 14.5 Å². The van der Waals surface area contributed by atoms with Crippen LogP contribution in [-0.2, 0) is 6.42 Å². The lowest BCUT2D eigenvalue weighted by molar-refractivity contribution is -0.383. The van der Waals surface area contributed by atoms with Gasteiger partial charge in [0.2, 0.25) is 0 Å². The number of amides is 1. The van der Waals surface area contributed by atoms with Crippen molar-refractivity contribution in [2.75, 3.05) is 11.9 Å². The average Bonchev–Trinajstić information content (AvgIpc) is 2.75. The molecule has 0 aromatic heterocycles. The first kappa shape index (κ1) is 22.4. The number of thiocarbonyl (C=S) groups is 1. The summed E-state index contributed by atoms with van der Waals surface area (Å²) < 4.78 is 6.53. The van der Waals surface area contributed by atoms with E-state index in [1.165, 1.54) is 12.1 Å². The Morgan fingerprint density at radius 2 is 1.77 bits per heavy atom. The van der Waals surface area contributed by atoms with Crippen molar-refractivity contribution in [1.82, 2.24) is 5.32 Å². The van der Waals surface area contributed by atoms with Crippen molar-refractivity contribution in [2.45, 2.75) is 6.42 Å². The van der Waals surface area contributed by atoms with Gasteiger partial charge >= 0.3 is 0 Å². The first-order chi connectivity index (χ1) is 14.9. The minimum atomic E-state index is -0.528. The van der Waals surface area contributed by atoms with Crippen molar-refractivity contribution in [3.05, 3.63) is 98.5 Å². The molecule has 0 aliphatic rings. The van der Waals surface area contributed by atoms with Crippen LogP contribution in [0.2, 0.25) is 0 Å². The third-order valence-electron chi connectivity index (χ3n) is 4.25. The van der Waals surface area contributed by atoms with Gasteiger partial charge in [0.15, 0.2) is 5.11 Å². The van der Waals surface area contributed by atoms with E-state index >= 15 is 0 Å². The zero-order valence-corrected chi connectivity index (χ0v) is 18.6. The van der Waals surface area contributed by atoms with E-state index in [1.54, 1.807) is 30.3 Å². The van der Waals surface area contributed by atoms with E-state index in [4.69, 9.17) is 17.0 Å². The molecule has 0 atom stereocenters. The zero-order valence-electron chi connectivity index (χ0n) is 16.2. The van der Waals surface area contributed by atoms with Crippen molar-refractivity contribution in [1.29, 1.82) is 0 Å². The Hall–Kier alpha value is -3.30. The molecular weight excluding hydrogens is 482 g/mol. The van der Waals surface area contributed by atoms with Gasteiger partial charge in [-0.25, -0.2) is 0 Å². The molecule has 0 saturated heterocycles. The van der Waals surface area contributed by atoms with Crippen molar-refractivity contribution in [2.24, 2.45) is 0 Å². The number of benzene rings is 3. The van der Waals surface area contributed by atoms with E-state index in [1.807, 2.05) is 30.3 Å². The van der Waals surface area contributed by atoms with Gasteiger partial charge in [0.05, 0.1) is 17.1 Å². The summed E-state index contributed by atoms with van der Waals surface area (Å²) in [5.74, 6) is -0.0859. The monoisotopic (exact) mass is 499 g/mol. The fourth-order valence-corrected chi connectivity index (χ4v) is 3.36. The van der Waals surface area contributed by atoms with Gasteiger partial charge in [-0.2, -0.15) is 0 Å². The van der Waals surface area contributed by atoms with Gasteiger partial charge in [0.25, 0.3) is 11.6 Å². The van der Waals surface area contributed by atoms with Crippen LogP contribution in [0.1, 0.15) is 15.9 Å². The summed E-state index contributed by atoms with van der Waals surface area (Å²) in [6.07, 6.45) is 0.690. The van der Waals surface area contributed by atoms with Crippen LogP contribution in [-0.4, -0.2) is 22.5 Å². The number of hydrogen-bond acceptors (Lipinski definition) is 5. The lowest BCUT2D eigenvalue weighted by atomic mass is 10.1. The summed E-state index contributed by atoms with van der Waals surface area (Å²) in [5.41, 5.74) is 1.45. The van der Waals surface area contributed by atoms with Gasteiger partial charge in [-0.3, -0.25) is 20.2 Å². The molecule has 0 saturated carbocycles. The maximum atomic E-state index is 12.8. The normalized spacial score (nSPS) is 10.2. The summed E-state index contributed by atoms with van der Waals surface area (Å²) in [7, 11) is 0. The third-order valence-corrected chi connectivity index (χ3v) is 4.95. The van der Waals surface area contributed by atoms with Crippen LogP contribution < -0.4 is 15.4 Å². The highest BCUT2D eigenvalue weighted by molar-refractivity contribution is 9.10. The maximum Gasteiger partial charge on any atom is 0.292 e. The lowest BCUT2D eigenvalue weighted by Gasteiger charge is -2.14. The van der Waals surface area contributed by atoms with Crippen LogP contribution in [0.5, 0.6) is 5.75 Å². The summed E-state index contributed by atoms with van der Waals surface area (Å²) in [5, 5.41) is 16.3. The van der Waals surface area contributed by atoms with Crippen molar-refractivity contribution in [3.63, 3.8) is 0 Å². The Balaban J connectivity index is 1.67. The summed E-state index contributed by atoms with van der Waals surface area (Å²) >= 11 is 8.52. The number of para-hydroxylation sites is 2. The number of halogens is 1. The minimum absolute atomic E-state index is 0.0606. The second kappa shape index (κ2) is 10.6. The summed E-state index contributed by atoms with van der Waals surface area (Å²) in [6, 6.07) is 21.0. The number of carbonyl (C=O) groups excluding carboxylic acids is 1. The Labute approximate surface area is 192 Å². The van der Waals surface area contributed by atoms with E-state index < -0.39 is 10.8 Å². The standard InChI is InChI=1S/C22H18BrN3O4S/c23-16-10-11-20(30-13-12-15-6-2-1-3-7-15)17(14-16)21(27)25-22(31)24-18-8-4-5-9-19(18)26(28)29/h1-11,14H,12-13H2,(H2,24,25,27,31). The molecule has 3 rings (SSSR count). The Kier molecular flexibility index (Phi) is 7.69. The highest BCUT2D eigenvalue weighted by Gasteiger charge is 2.17. The van der Waals surface area contributed by atoms with E-state index in [2.05, 4.69) is 26.6 Å². The minimum Gasteiger partial charge on any atom is -0.492 e. The topological polar surface area (TPSA) is 93.5 Å². The number of ether oxygens (including phenoxy) is 1. The quantitative estimate of drug-likeness (QED) is 0.266. The molecule has 0 spiro atoms. The molecule has 31 heavy (non-hydrogen) atoms. The molecule has 0 radical (unpaired) electrons. The van der Waals surface area contributed by atoms with E-state index in [0.29, 0.717) is 23.2 Å². The lowest BCUT2D eigenvalue weighted by Crippen LogP contribution is -2.34. The van der Waals surface area contributed by atoms with Crippen LogP contribution in [0.15, 0.2) is 77.3 Å². The van der Waals surface area contributed by atoms with Gasteiger partial charge in [0, 0.05) is 17.0 Å². The molecule has 7 nitrogen and oxygen atoms in total. The van der Waals surface area contributed by atoms with Gasteiger partial charge in [0.1, 0.15) is 11.4 Å². The summed E-state index contributed by atoms with van der Waals surface area (Å²) in [6.45, 7) is 0.394. The van der Waals surface area contributed by atoms with Gasteiger partial charge in [-0.15, -0.1) is 0 Å². The number of nitro benzene ring substituents is 1. The fraction of sp³-hybridized carbons (Fsp3) is 0.0909. The van der Waals surface area contributed by atoms with Gasteiger partial charge < -0.3 is 10.1 Å². The van der Waals surface area contributed by atoms with E-state index in [0.717, 1.165) is 5.56 Å². The van der Waals surface area contributed by atoms with Crippen LogP contribution in [0, 0.1) is 10.1 Å². The Morgan fingerprint density at radius 3 is 2.52 bits per heavy atom. The number of rotatable bonds is 7. The molecule has 9 heteroatoms. The fourth-order valence-electron chi connectivity index (χ4n) is 2.79. The molecule has 0 heterocycles. The first-order valence-corrected chi connectivity index (χ1v) is 10.5. The number of nitro groups is 1. The third kappa shape index (κ3) is 6.34. The Bertz CT molecular complexity index is 1110. The number of nitrogens with zero attached hydrogens (tertiary/aromatic N) is 1. The predicted molar refractivity (Wildman–Crippen MR) is 127 cm³/mol. The van der Waals surface area contributed by atoms with Crippen molar-refractivity contribution in [3.8, 4) is 5.75 Å². The van der Waals surface area contributed by atoms with Gasteiger partial charge in [-0.05, 0) is 42.0 Å². The van der Waals surface area contributed by atoms with E-state index in [9.17, 15) is 14.9 Å². The second-order valence-electron chi connectivity index (χ2n) is 6.41. The van der Waals surface area contributed by atoms with Crippen LogP contribution in [0.3, 0.4) is 0 Å². The number of nitrogens with one attached hydrogen (secondary N) is 2. The predicted octanol–water partition coefficient (Wildman–Crippen LogP) is 5.11. The molecule has 0 unspecified atom stereocenters. The zero-order chi connectivity index (χ0) is 22.2. The van der Waals surface area contributed by atoms with Crippen molar-refractivity contribution >= 4 is 50.5 Å². The number of hydrogen-bond donors (Lipinski definition) is 2. The maximum absolute atomic E-state index is 12.8. The average molecular weight is 500 g/mol. The SMILES string of the molecule is O=C(NC(=S)Nc1ccccc1[N+](=O)[O-])c1cc(Br)ccc1OCCc1ccccc1. The first-order valence-electron chi connectivity index (χ1n) is 9.26. The number of carbonyl (C=O) groups is 1. The summed E-state index contributed by atoms with van der Waals surface area (Å²) in [4.78, 5) is 23.4. The highest BCUT2D eigenvalue weighted by Crippen LogP contribution is 2.25. The Morgan fingerprint density at radius 1 is 1.06 bits per heavy atom. The van der Waals surface area contributed by atoms with Gasteiger partial charge in [-0.1, -0.05) is 58.4 Å².